The van der Waals surface area contributed by atoms with Gasteiger partial charge in [0.05, 0.1) is 15.9 Å². The van der Waals surface area contributed by atoms with Crippen LogP contribution < -0.4 is 4.74 Å². The standard InChI is InChI=1S/C19H15BrFNO3S/c1-12-2-5-14(6-3-12)25-9-8-22-18(23)17(26-19(22)24)11-13-4-7-16(21)15(20)10-13/h2-7,10-11H,8-9H2,1H3/b17-11-. The Balaban J connectivity index is 1.63. The second kappa shape index (κ2) is 8.05. The van der Waals surface area contributed by atoms with Gasteiger partial charge >= 0.3 is 0 Å². The van der Waals surface area contributed by atoms with Crippen LogP contribution in [0.1, 0.15) is 11.1 Å². The van der Waals surface area contributed by atoms with Crippen LogP contribution in [0.2, 0.25) is 0 Å². The normalized spacial score (nSPS) is 15.8. The van der Waals surface area contributed by atoms with E-state index in [2.05, 4.69) is 15.9 Å². The molecule has 0 unspecified atom stereocenters. The summed E-state index contributed by atoms with van der Waals surface area (Å²) >= 11 is 3.97. The topological polar surface area (TPSA) is 46.6 Å². The summed E-state index contributed by atoms with van der Waals surface area (Å²) < 4.78 is 19.2. The molecule has 0 N–H and O–H groups in total. The van der Waals surface area contributed by atoms with Crippen molar-refractivity contribution in [1.82, 2.24) is 4.90 Å². The first-order chi connectivity index (χ1) is 12.4. The fraction of sp³-hybridized carbons (Fsp3) is 0.158. The number of hydrogen-bond acceptors (Lipinski definition) is 4. The van der Waals surface area contributed by atoms with Crippen LogP contribution in [0, 0.1) is 12.7 Å². The molecule has 0 aromatic heterocycles. The molecule has 2 aromatic rings. The molecule has 7 heteroatoms. The monoisotopic (exact) mass is 435 g/mol. The van der Waals surface area contributed by atoms with Gasteiger partial charge in [0.2, 0.25) is 0 Å². The number of carbonyl (C=O) groups is 2. The number of carbonyl (C=O) groups excluding carboxylic acids is 2. The van der Waals surface area contributed by atoms with Gasteiger partial charge in [-0.2, -0.15) is 0 Å². The minimum Gasteiger partial charge on any atom is -0.492 e. The molecule has 0 atom stereocenters. The van der Waals surface area contributed by atoms with Crippen molar-refractivity contribution in [1.29, 1.82) is 0 Å². The Labute approximate surface area is 163 Å². The number of amides is 2. The van der Waals surface area contributed by atoms with Gasteiger partial charge in [-0.3, -0.25) is 14.5 Å². The van der Waals surface area contributed by atoms with Crippen LogP contribution in [0.15, 0.2) is 51.8 Å². The van der Waals surface area contributed by atoms with Gasteiger partial charge in [-0.25, -0.2) is 4.39 Å². The quantitative estimate of drug-likeness (QED) is 0.619. The zero-order chi connectivity index (χ0) is 18.7. The van der Waals surface area contributed by atoms with E-state index in [0.717, 1.165) is 22.2 Å². The van der Waals surface area contributed by atoms with E-state index in [1.165, 1.54) is 6.07 Å². The van der Waals surface area contributed by atoms with Crippen LogP contribution in [0.3, 0.4) is 0 Å². The average Bonchev–Trinajstić information content (AvgIpc) is 2.87. The summed E-state index contributed by atoms with van der Waals surface area (Å²) in [6.45, 7) is 2.37. The van der Waals surface area contributed by atoms with E-state index in [9.17, 15) is 14.0 Å². The average molecular weight is 436 g/mol. The molecule has 1 fully saturated rings. The lowest BCUT2D eigenvalue weighted by atomic mass is 10.2. The molecule has 4 nitrogen and oxygen atoms in total. The highest BCUT2D eigenvalue weighted by Crippen LogP contribution is 2.32. The predicted molar refractivity (Wildman–Crippen MR) is 103 cm³/mol. The van der Waals surface area contributed by atoms with E-state index in [0.29, 0.717) is 20.7 Å². The number of nitrogens with zero attached hydrogens (tertiary/aromatic N) is 1. The number of thioether (sulfide) groups is 1. The van der Waals surface area contributed by atoms with E-state index in [1.54, 1.807) is 18.2 Å². The van der Waals surface area contributed by atoms with Gasteiger partial charge < -0.3 is 4.74 Å². The van der Waals surface area contributed by atoms with E-state index in [-0.39, 0.29) is 30.1 Å². The van der Waals surface area contributed by atoms with Gasteiger partial charge in [-0.15, -0.1) is 0 Å². The number of rotatable bonds is 5. The molecule has 0 radical (unpaired) electrons. The third-order valence-corrected chi connectivity index (χ3v) is 5.23. The number of benzene rings is 2. The fourth-order valence-corrected chi connectivity index (χ4v) is 3.60. The molecule has 0 aliphatic carbocycles. The smallest absolute Gasteiger partial charge is 0.293 e. The van der Waals surface area contributed by atoms with Gasteiger partial charge in [-0.05, 0) is 70.5 Å². The first-order valence-electron chi connectivity index (χ1n) is 7.84. The summed E-state index contributed by atoms with van der Waals surface area (Å²) in [5, 5.41) is -0.338. The highest BCUT2D eigenvalue weighted by atomic mass is 79.9. The lowest BCUT2D eigenvalue weighted by molar-refractivity contribution is -0.123. The van der Waals surface area contributed by atoms with Crippen LogP contribution in [-0.2, 0) is 4.79 Å². The van der Waals surface area contributed by atoms with E-state index < -0.39 is 0 Å². The zero-order valence-corrected chi connectivity index (χ0v) is 16.3. The zero-order valence-electron chi connectivity index (χ0n) is 13.9. The van der Waals surface area contributed by atoms with E-state index >= 15 is 0 Å². The van der Waals surface area contributed by atoms with Crippen molar-refractivity contribution in [2.24, 2.45) is 0 Å². The molecule has 0 bridgehead atoms. The number of hydrogen-bond donors (Lipinski definition) is 0. The van der Waals surface area contributed by atoms with Crippen molar-refractivity contribution in [3.8, 4) is 5.75 Å². The molecule has 1 aliphatic rings. The minimum absolute atomic E-state index is 0.170. The van der Waals surface area contributed by atoms with Gasteiger partial charge in [0.15, 0.2) is 0 Å². The van der Waals surface area contributed by atoms with Gasteiger partial charge in [0.1, 0.15) is 18.2 Å². The molecule has 134 valence electrons. The van der Waals surface area contributed by atoms with Gasteiger partial charge in [-0.1, -0.05) is 23.8 Å². The lowest BCUT2D eigenvalue weighted by Crippen LogP contribution is -2.32. The lowest BCUT2D eigenvalue weighted by Gasteiger charge is -2.13. The molecular formula is C19H15BrFNO3S. The van der Waals surface area contributed by atoms with Crippen LogP contribution in [0.25, 0.3) is 6.08 Å². The Bertz CT molecular complexity index is 883. The van der Waals surface area contributed by atoms with Crippen molar-refractivity contribution in [3.63, 3.8) is 0 Å². The van der Waals surface area contributed by atoms with Crippen molar-refractivity contribution in [2.75, 3.05) is 13.2 Å². The fourth-order valence-electron chi connectivity index (χ4n) is 2.34. The third-order valence-electron chi connectivity index (χ3n) is 3.72. The molecule has 1 aliphatic heterocycles. The molecule has 0 saturated carbocycles. The molecule has 0 spiro atoms. The Morgan fingerprint density at radius 1 is 1.19 bits per heavy atom. The number of aryl methyl sites for hydroxylation is 1. The third kappa shape index (κ3) is 4.34. The highest BCUT2D eigenvalue weighted by Gasteiger charge is 2.34. The Hall–Kier alpha value is -2.12. The molecule has 1 saturated heterocycles. The Morgan fingerprint density at radius 3 is 2.62 bits per heavy atom. The maximum Gasteiger partial charge on any atom is 0.293 e. The maximum atomic E-state index is 13.3. The van der Waals surface area contributed by atoms with Gasteiger partial charge in [0, 0.05) is 0 Å². The summed E-state index contributed by atoms with van der Waals surface area (Å²) in [4.78, 5) is 26.0. The van der Waals surface area contributed by atoms with Crippen molar-refractivity contribution in [3.05, 3.63) is 68.8 Å². The highest BCUT2D eigenvalue weighted by molar-refractivity contribution is 9.10. The van der Waals surface area contributed by atoms with Crippen LogP contribution in [0.4, 0.5) is 9.18 Å². The SMILES string of the molecule is Cc1ccc(OCCN2C(=O)S/C(=C\c3ccc(F)c(Br)c3)C2=O)cc1. The summed E-state index contributed by atoms with van der Waals surface area (Å²) in [6.07, 6.45) is 1.58. The Kier molecular flexibility index (Phi) is 5.78. The second-order valence-corrected chi connectivity index (χ2v) is 7.52. The number of halogens is 2. The summed E-state index contributed by atoms with van der Waals surface area (Å²) in [5.41, 5.74) is 1.76. The van der Waals surface area contributed by atoms with Gasteiger partial charge in [0.25, 0.3) is 11.1 Å². The number of imide groups is 1. The van der Waals surface area contributed by atoms with Crippen molar-refractivity contribution < 1.29 is 18.7 Å². The molecular weight excluding hydrogens is 421 g/mol. The molecule has 2 aromatic carbocycles. The summed E-state index contributed by atoms with van der Waals surface area (Å²) in [5.74, 6) is -0.0641. The van der Waals surface area contributed by atoms with Crippen LogP contribution >= 0.6 is 27.7 Å². The first kappa shape index (κ1) is 18.7. The minimum atomic E-state index is -0.386. The Morgan fingerprint density at radius 2 is 1.92 bits per heavy atom. The van der Waals surface area contributed by atoms with Crippen LogP contribution in [-0.4, -0.2) is 29.2 Å². The van der Waals surface area contributed by atoms with Crippen molar-refractivity contribution in [2.45, 2.75) is 6.92 Å². The van der Waals surface area contributed by atoms with E-state index in [4.69, 9.17) is 4.74 Å². The number of ether oxygens (including phenoxy) is 1. The maximum absolute atomic E-state index is 13.3. The predicted octanol–water partition coefficient (Wildman–Crippen LogP) is 5.01. The van der Waals surface area contributed by atoms with Crippen LogP contribution in [0.5, 0.6) is 5.75 Å². The first-order valence-corrected chi connectivity index (χ1v) is 9.45. The second-order valence-electron chi connectivity index (χ2n) is 5.67. The largest absolute Gasteiger partial charge is 0.492 e. The van der Waals surface area contributed by atoms with Crippen molar-refractivity contribution >= 4 is 44.9 Å². The summed E-state index contributed by atoms with van der Waals surface area (Å²) in [7, 11) is 0. The molecule has 2 amide bonds. The van der Waals surface area contributed by atoms with E-state index in [1.807, 2.05) is 31.2 Å². The molecule has 1 heterocycles. The molecule has 3 rings (SSSR count). The molecule has 26 heavy (non-hydrogen) atoms. The summed E-state index contributed by atoms with van der Waals surface area (Å²) in [6, 6.07) is 12.0.